The molecule has 0 unspecified atom stereocenters. The van der Waals surface area contributed by atoms with Crippen LogP contribution in [-0.4, -0.2) is 22.2 Å². The van der Waals surface area contributed by atoms with Crippen LogP contribution in [0.4, 0.5) is 0 Å². The third kappa shape index (κ3) is 14.7. The number of hydrogen-bond acceptors (Lipinski definition) is 2. The number of hydrogen-bond donors (Lipinski definition) is 2. The highest BCUT2D eigenvalue weighted by atomic mass is 16.4. The van der Waals surface area contributed by atoms with E-state index in [1.54, 1.807) is 0 Å². The molecule has 4 heteroatoms. The molecule has 0 spiro atoms. The number of rotatable bonds is 12. The second-order valence-electron chi connectivity index (χ2n) is 4.46. The van der Waals surface area contributed by atoms with Crippen molar-refractivity contribution in [2.75, 3.05) is 0 Å². The highest BCUT2D eigenvalue weighted by molar-refractivity contribution is 5.66. The summed E-state index contributed by atoms with van der Waals surface area (Å²) in [5.74, 6) is -1.44. The Morgan fingerprint density at radius 3 is 1.72 bits per heavy atom. The molecule has 0 heterocycles. The molecule has 4 nitrogen and oxygen atoms in total. The average molecular weight is 256 g/mol. The van der Waals surface area contributed by atoms with Crippen LogP contribution in [0.1, 0.15) is 64.2 Å². The molecule has 2 N–H and O–H groups in total. The summed E-state index contributed by atoms with van der Waals surface area (Å²) in [5, 5.41) is 16.9. The van der Waals surface area contributed by atoms with Crippen molar-refractivity contribution in [3.63, 3.8) is 0 Å². The molecule has 18 heavy (non-hydrogen) atoms. The number of allylic oxidation sites excluding steroid dienone is 2. The fraction of sp³-hybridized carbons (Fsp3) is 0.714. The summed E-state index contributed by atoms with van der Waals surface area (Å²) in [7, 11) is 0. The van der Waals surface area contributed by atoms with Gasteiger partial charge in [0.15, 0.2) is 0 Å². The Morgan fingerprint density at radius 1 is 0.667 bits per heavy atom. The molecule has 0 saturated heterocycles. The zero-order valence-corrected chi connectivity index (χ0v) is 10.9. The lowest BCUT2D eigenvalue weighted by Crippen LogP contribution is -1.93. The lowest BCUT2D eigenvalue weighted by molar-refractivity contribution is -0.138. The highest BCUT2D eigenvalue weighted by Gasteiger charge is 1.96. The van der Waals surface area contributed by atoms with Crippen LogP contribution < -0.4 is 0 Å². The summed E-state index contributed by atoms with van der Waals surface area (Å²) in [6, 6.07) is 0. The van der Waals surface area contributed by atoms with Gasteiger partial charge in [0.1, 0.15) is 0 Å². The third-order valence-electron chi connectivity index (χ3n) is 2.69. The Morgan fingerprint density at radius 2 is 1.11 bits per heavy atom. The fourth-order valence-electron chi connectivity index (χ4n) is 1.68. The minimum Gasteiger partial charge on any atom is -0.481 e. The zero-order valence-electron chi connectivity index (χ0n) is 10.9. The second-order valence-corrected chi connectivity index (χ2v) is 4.46. The SMILES string of the molecule is O=C(O)CCC/C=C/CCCCCCCC(=O)O. The minimum atomic E-state index is -0.732. The van der Waals surface area contributed by atoms with Crippen LogP contribution in [0.3, 0.4) is 0 Å². The molecular weight excluding hydrogens is 232 g/mol. The van der Waals surface area contributed by atoms with E-state index in [9.17, 15) is 9.59 Å². The number of unbranched alkanes of at least 4 members (excludes halogenated alkanes) is 6. The summed E-state index contributed by atoms with van der Waals surface area (Å²) in [4.78, 5) is 20.5. The van der Waals surface area contributed by atoms with Gasteiger partial charge in [-0.1, -0.05) is 31.4 Å². The van der Waals surface area contributed by atoms with Crippen molar-refractivity contribution in [1.82, 2.24) is 0 Å². The molecule has 0 bridgehead atoms. The van der Waals surface area contributed by atoms with Gasteiger partial charge in [-0.15, -0.1) is 0 Å². The van der Waals surface area contributed by atoms with Crippen molar-refractivity contribution >= 4 is 11.9 Å². The normalized spacial score (nSPS) is 10.9. The summed E-state index contributed by atoms with van der Waals surface area (Å²) in [5.41, 5.74) is 0. The monoisotopic (exact) mass is 256 g/mol. The van der Waals surface area contributed by atoms with Crippen molar-refractivity contribution in [2.24, 2.45) is 0 Å². The first kappa shape index (κ1) is 16.7. The van der Waals surface area contributed by atoms with E-state index in [2.05, 4.69) is 6.08 Å². The lowest BCUT2D eigenvalue weighted by Gasteiger charge is -1.98. The Bertz CT molecular complexity index is 259. The Kier molecular flexibility index (Phi) is 11.3. The van der Waals surface area contributed by atoms with Gasteiger partial charge in [0.2, 0.25) is 0 Å². The molecule has 0 aliphatic carbocycles. The van der Waals surface area contributed by atoms with Crippen molar-refractivity contribution < 1.29 is 19.8 Å². The summed E-state index contributed by atoms with van der Waals surface area (Å²) in [6.07, 6.45) is 12.4. The van der Waals surface area contributed by atoms with Gasteiger partial charge in [0, 0.05) is 12.8 Å². The number of carboxylic acids is 2. The Balaban J connectivity index is 3.12. The molecule has 0 saturated carbocycles. The summed E-state index contributed by atoms with van der Waals surface area (Å²) < 4.78 is 0. The second kappa shape index (κ2) is 12.1. The molecule has 0 aromatic rings. The van der Waals surface area contributed by atoms with Gasteiger partial charge in [-0.2, -0.15) is 0 Å². The number of aliphatic carboxylic acids is 2. The van der Waals surface area contributed by atoms with E-state index in [0.717, 1.165) is 44.9 Å². The predicted molar refractivity (Wildman–Crippen MR) is 70.6 cm³/mol. The first-order chi connectivity index (χ1) is 8.63. The molecule has 0 aromatic carbocycles. The standard InChI is InChI=1S/C14H24O4/c15-13(16)11-9-7-5-3-1-2-4-6-8-10-12-14(17)18/h3,5H,1-2,4,6-12H2,(H,15,16)(H,17,18)/b5-3+. The van der Waals surface area contributed by atoms with E-state index < -0.39 is 11.9 Å². The van der Waals surface area contributed by atoms with Crippen molar-refractivity contribution in [3.05, 3.63) is 12.2 Å². The maximum Gasteiger partial charge on any atom is 0.303 e. The van der Waals surface area contributed by atoms with Gasteiger partial charge >= 0.3 is 11.9 Å². The lowest BCUT2D eigenvalue weighted by atomic mass is 10.1. The molecule has 0 radical (unpaired) electrons. The van der Waals surface area contributed by atoms with E-state index in [1.807, 2.05) is 6.08 Å². The molecular formula is C14H24O4. The summed E-state index contributed by atoms with van der Waals surface area (Å²) in [6.45, 7) is 0. The number of carboxylic acid groups (broad SMARTS) is 2. The average Bonchev–Trinajstić information content (AvgIpc) is 2.29. The molecule has 104 valence electrons. The first-order valence-electron chi connectivity index (χ1n) is 6.71. The van der Waals surface area contributed by atoms with Gasteiger partial charge in [-0.25, -0.2) is 0 Å². The molecule has 0 fully saturated rings. The van der Waals surface area contributed by atoms with E-state index >= 15 is 0 Å². The Labute approximate surface area is 109 Å². The predicted octanol–water partition coefficient (Wildman–Crippen LogP) is 3.61. The largest absolute Gasteiger partial charge is 0.481 e. The van der Waals surface area contributed by atoms with Crippen LogP contribution in [0.25, 0.3) is 0 Å². The smallest absolute Gasteiger partial charge is 0.303 e. The third-order valence-corrected chi connectivity index (χ3v) is 2.69. The molecule has 0 aromatic heterocycles. The molecule has 0 amide bonds. The minimum absolute atomic E-state index is 0.244. The van der Waals surface area contributed by atoms with Gasteiger partial charge in [-0.3, -0.25) is 9.59 Å². The maximum absolute atomic E-state index is 10.3. The van der Waals surface area contributed by atoms with Gasteiger partial charge in [0.25, 0.3) is 0 Å². The van der Waals surface area contributed by atoms with Crippen LogP contribution in [0.5, 0.6) is 0 Å². The molecule has 0 rings (SSSR count). The van der Waals surface area contributed by atoms with Crippen LogP contribution >= 0.6 is 0 Å². The van der Waals surface area contributed by atoms with Gasteiger partial charge < -0.3 is 10.2 Å². The van der Waals surface area contributed by atoms with E-state index in [-0.39, 0.29) is 12.8 Å². The Hall–Kier alpha value is -1.32. The van der Waals surface area contributed by atoms with Crippen molar-refractivity contribution in [2.45, 2.75) is 64.2 Å². The number of carbonyl (C=O) groups is 2. The highest BCUT2D eigenvalue weighted by Crippen LogP contribution is 2.08. The summed E-state index contributed by atoms with van der Waals surface area (Å²) >= 11 is 0. The molecule has 0 aliphatic rings. The first-order valence-corrected chi connectivity index (χ1v) is 6.71. The van der Waals surface area contributed by atoms with Gasteiger partial charge in [-0.05, 0) is 32.1 Å². The zero-order chi connectivity index (χ0) is 13.6. The quantitative estimate of drug-likeness (QED) is 0.413. The van der Waals surface area contributed by atoms with Gasteiger partial charge in [0.05, 0.1) is 0 Å². The molecule has 0 atom stereocenters. The molecule has 0 aliphatic heterocycles. The topological polar surface area (TPSA) is 74.6 Å². The van der Waals surface area contributed by atoms with Crippen molar-refractivity contribution in [1.29, 1.82) is 0 Å². The van der Waals surface area contributed by atoms with E-state index in [1.165, 1.54) is 0 Å². The van der Waals surface area contributed by atoms with E-state index in [4.69, 9.17) is 10.2 Å². The van der Waals surface area contributed by atoms with Crippen LogP contribution in [0.2, 0.25) is 0 Å². The van der Waals surface area contributed by atoms with Crippen LogP contribution in [0, 0.1) is 0 Å². The fourth-order valence-corrected chi connectivity index (χ4v) is 1.68. The van der Waals surface area contributed by atoms with E-state index in [0.29, 0.717) is 6.42 Å². The van der Waals surface area contributed by atoms with Crippen LogP contribution in [0.15, 0.2) is 12.2 Å². The van der Waals surface area contributed by atoms with Crippen molar-refractivity contribution in [3.8, 4) is 0 Å². The maximum atomic E-state index is 10.3. The van der Waals surface area contributed by atoms with Crippen LogP contribution in [-0.2, 0) is 9.59 Å².